The summed E-state index contributed by atoms with van der Waals surface area (Å²) in [6.07, 6.45) is -0.952. The number of nitrogens with two attached hydrogens (primary N) is 1. The minimum absolute atomic E-state index is 0.0353. The average Bonchev–Trinajstić information content (AvgIpc) is 2.92. The maximum absolute atomic E-state index is 13.3. The van der Waals surface area contributed by atoms with Gasteiger partial charge in [-0.2, -0.15) is 13.6 Å². The van der Waals surface area contributed by atoms with Crippen LogP contribution in [0.5, 0.6) is 0 Å². The Labute approximate surface area is 161 Å². The van der Waals surface area contributed by atoms with E-state index >= 15 is 0 Å². The highest BCUT2D eigenvalue weighted by atomic mass is 31.3. The number of hydrogen-bond donors (Lipinski definition) is 5. The van der Waals surface area contributed by atoms with E-state index in [1.165, 1.54) is 12.3 Å². The zero-order valence-corrected chi connectivity index (χ0v) is 16.9. The van der Waals surface area contributed by atoms with Crippen molar-refractivity contribution in [3.05, 3.63) is 22.7 Å². The first kappa shape index (κ1) is 24.3. The Morgan fingerprint density at radius 1 is 1.24 bits per heavy atom. The number of alkyl halides is 1. The minimum atomic E-state index is -5.67. The maximum Gasteiger partial charge on any atom is 0.490 e. The molecule has 1 aliphatic rings. The maximum atomic E-state index is 13.3. The monoisotopic (exact) mass is 483 g/mol. The average molecular weight is 483 g/mol. The smallest absolute Gasteiger partial charge is 0.383 e. The number of ether oxygens (including phenoxy) is 1. The van der Waals surface area contributed by atoms with Crippen molar-refractivity contribution < 1.29 is 55.5 Å². The number of anilines is 1. The second kappa shape index (κ2) is 9.00. The van der Waals surface area contributed by atoms with Gasteiger partial charge < -0.3 is 30.0 Å². The van der Waals surface area contributed by atoms with Crippen molar-refractivity contribution in [3.63, 3.8) is 0 Å². The largest absolute Gasteiger partial charge is 0.490 e. The van der Waals surface area contributed by atoms with Crippen molar-refractivity contribution >= 4 is 29.3 Å². The lowest BCUT2D eigenvalue weighted by Crippen LogP contribution is -2.28. The molecule has 2 unspecified atom stereocenters. The molecule has 0 saturated carbocycles. The van der Waals surface area contributed by atoms with Crippen molar-refractivity contribution in [1.82, 2.24) is 9.55 Å². The Balaban J connectivity index is 2.03. The third kappa shape index (κ3) is 7.31. The number of aromatic nitrogens is 2. The number of phosphoric acid groups is 3. The number of rotatable bonds is 9. The lowest BCUT2D eigenvalue weighted by molar-refractivity contribution is -0.0335. The quantitative estimate of drug-likeness (QED) is 0.292. The molecule has 2 rings (SSSR count). The summed E-state index contributed by atoms with van der Waals surface area (Å²) in [5, 5.41) is 0. The number of halogens is 1. The first-order valence-electron chi connectivity index (χ1n) is 7.56. The highest BCUT2D eigenvalue weighted by Crippen LogP contribution is 2.66. The van der Waals surface area contributed by atoms with Gasteiger partial charge in [0.2, 0.25) is 0 Å². The molecule has 1 fully saturated rings. The molecule has 6 N–H and O–H groups in total. The summed E-state index contributed by atoms with van der Waals surface area (Å²) < 4.78 is 64.8. The van der Waals surface area contributed by atoms with Gasteiger partial charge in [0.05, 0.1) is 19.4 Å². The molecule has 1 aromatic rings. The van der Waals surface area contributed by atoms with Crippen molar-refractivity contribution in [2.24, 2.45) is 5.92 Å². The predicted molar refractivity (Wildman–Crippen MR) is 90.7 cm³/mol. The van der Waals surface area contributed by atoms with Gasteiger partial charge in [-0.15, -0.1) is 0 Å². The lowest BCUT2D eigenvalue weighted by atomic mass is 10.0. The fourth-order valence-corrected chi connectivity index (χ4v) is 5.44. The Bertz CT molecular complexity index is 936. The third-order valence-electron chi connectivity index (χ3n) is 3.54. The molecule has 1 saturated heterocycles. The first-order valence-corrected chi connectivity index (χ1v) is 12.1. The van der Waals surface area contributed by atoms with Gasteiger partial charge in [0.25, 0.3) is 0 Å². The van der Waals surface area contributed by atoms with Gasteiger partial charge in [-0.1, -0.05) is 0 Å². The van der Waals surface area contributed by atoms with Crippen LogP contribution >= 0.6 is 23.5 Å². The first-order chi connectivity index (χ1) is 13.2. The standard InChI is InChI=1S/C10H17FN3O12P3/c11-4-6-3-9(14-2-1-8(12)13-10(14)15)24-7(6)5-23-28(19,20)26-29(21,22)25-27(16,17)18/h1-2,6-7,9H,3-5H2,(H,19,20)(H,21,22)(H2,12,13,15)(H2,16,17,18)/t6-,7-,9-/m1/s1. The van der Waals surface area contributed by atoms with Gasteiger partial charge in [0, 0.05) is 18.5 Å². The van der Waals surface area contributed by atoms with Crippen LogP contribution in [-0.2, 0) is 31.6 Å². The normalized spacial score (nSPS) is 26.7. The molecule has 0 radical (unpaired) electrons. The molecular formula is C10H17FN3O12P3. The van der Waals surface area contributed by atoms with E-state index in [2.05, 4.69) is 18.1 Å². The number of hydrogen-bond acceptors (Lipinski definition) is 10. The van der Waals surface area contributed by atoms with E-state index in [4.69, 9.17) is 25.2 Å². The molecule has 0 amide bonds. The van der Waals surface area contributed by atoms with Gasteiger partial charge in [0.1, 0.15) is 12.0 Å². The Morgan fingerprint density at radius 3 is 2.45 bits per heavy atom. The molecule has 19 heteroatoms. The molecular weight excluding hydrogens is 466 g/mol. The molecule has 0 aromatic carbocycles. The number of phosphoric ester groups is 1. The van der Waals surface area contributed by atoms with Crippen molar-refractivity contribution in [1.29, 1.82) is 0 Å². The summed E-state index contributed by atoms with van der Waals surface area (Å²) in [7, 11) is -16.6. The van der Waals surface area contributed by atoms with E-state index in [-0.39, 0.29) is 12.2 Å². The number of nitrogens with zero attached hydrogens (tertiary/aromatic N) is 2. The second-order valence-electron chi connectivity index (χ2n) is 5.71. The summed E-state index contributed by atoms with van der Waals surface area (Å²) in [6.45, 7) is -1.79. The summed E-state index contributed by atoms with van der Waals surface area (Å²) >= 11 is 0. The Morgan fingerprint density at radius 2 is 1.90 bits per heavy atom. The van der Waals surface area contributed by atoms with Crippen LogP contribution in [0.3, 0.4) is 0 Å². The molecule has 5 atom stereocenters. The van der Waals surface area contributed by atoms with E-state index in [0.717, 1.165) is 4.57 Å². The summed E-state index contributed by atoms with van der Waals surface area (Å²) in [5.74, 6) is -0.938. The van der Waals surface area contributed by atoms with E-state index in [1.807, 2.05) is 0 Å². The molecule has 2 heterocycles. The van der Waals surface area contributed by atoms with Gasteiger partial charge in [-0.05, 0) is 6.07 Å². The fraction of sp³-hybridized carbons (Fsp3) is 0.600. The molecule has 29 heavy (non-hydrogen) atoms. The Kier molecular flexibility index (Phi) is 7.53. The van der Waals surface area contributed by atoms with Crippen molar-refractivity contribution in [2.75, 3.05) is 19.0 Å². The predicted octanol–water partition coefficient (Wildman–Crippen LogP) is 0.0420. The van der Waals surface area contributed by atoms with Gasteiger partial charge in [0.15, 0.2) is 0 Å². The third-order valence-corrected chi connectivity index (χ3v) is 7.34. The second-order valence-corrected chi connectivity index (χ2v) is 10.1. The molecule has 0 aliphatic carbocycles. The molecule has 1 aliphatic heterocycles. The topological polar surface area (TPSA) is 230 Å². The van der Waals surface area contributed by atoms with Gasteiger partial charge in [-0.3, -0.25) is 13.5 Å². The molecule has 0 spiro atoms. The van der Waals surface area contributed by atoms with Crippen LogP contribution in [0.15, 0.2) is 17.1 Å². The van der Waals surface area contributed by atoms with Gasteiger partial charge in [-0.25, -0.2) is 18.5 Å². The zero-order chi connectivity index (χ0) is 22.0. The van der Waals surface area contributed by atoms with Crippen LogP contribution in [0, 0.1) is 5.92 Å². The van der Waals surface area contributed by atoms with Crippen LogP contribution in [-0.4, -0.2) is 48.5 Å². The summed E-state index contributed by atoms with van der Waals surface area (Å²) in [4.78, 5) is 50.8. The highest BCUT2D eigenvalue weighted by Gasteiger charge is 2.43. The Hall–Kier alpha value is -1.02. The van der Waals surface area contributed by atoms with Crippen LogP contribution < -0.4 is 11.4 Å². The van der Waals surface area contributed by atoms with E-state index in [0.29, 0.717) is 0 Å². The van der Waals surface area contributed by atoms with E-state index < -0.39 is 60.7 Å². The summed E-state index contributed by atoms with van der Waals surface area (Å²) in [6, 6.07) is 1.30. The van der Waals surface area contributed by atoms with Crippen LogP contribution in [0.25, 0.3) is 0 Å². The van der Waals surface area contributed by atoms with Crippen LogP contribution in [0.1, 0.15) is 12.6 Å². The minimum Gasteiger partial charge on any atom is -0.383 e. The molecule has 166 valence electrons. The lowest BCUT2D eigenvalue weighted by Gasteiger charge is -2.20. The van der Waals surface area contributed by atoms with E-state index in [1.54, 1.807) is 0 Å². The van der Waals surface area contributed by atoms with Crippen molar-refractivity contribution in [3.8, 4) is 0 Å². The molecule has 15 nitrogen and oxygen atoms in total. The van der Waals surface area contributed by atoms with Gasteiger partial charge >= 0.3 is 29.2 Å². The fourth-order valence-electron chi connectivity index (χ4n) is 2.41. The SMILES string of the molecule is Nc1ccn([C@H]2C[C@H](CF)[C@@H](COP(=O)(O)OP(=O)(O)OP(=O)(O)O)O2)c(=O)n1. The zero-order valence-electron chi connectivity index (χ0n) is 14.3. The molecule has 0 bridgehead atoms. The number of nitrogen functional groups attached to an aromatic ring is 1. The highest BCUT2D eigenvalue weighted by molar-refractivity contribution is 7.66. The van der Waals surface area contributed by atoms with Crippen molar-refractivity contribution in [2.45, 2.75) is 18.8 Å². The summed E-state index contributed by atoms with van der Waals surface area (Å²) in [5.41, 5.74) is 4.59. The van der Waals surface area contributed by atoms with Crippen LogP contribution in [0.4, 0.5) is 10.2 Å². The van der Waals surface area contributed by atoms with Crippen LogP contribution in [0.2, 0.25) is 0 Å². The molecule has 1 aromatic heterocycles. The van der Waals surface area contributed by atoms with E-state index in [9.17, 15) is 27.8 Å².